The Labute approximate surface area is 141 Å². The molecule has 0 spiro atoms. The highest BCUT2D eigenvalue weighted by atomic mass is 16.1. The van der Waals surface area contributed by atoms with E-state index in [1.807, 2.05) is 45.2 Å². The number of rotatable bonds is 4. The molecule has 0 saturated heterocycles. The van der Waals surface area contributed by atoms with Crippen molar-refractivity contribution in [1.29, 1.82) is 0 Å². The van der Waals surface area contributed by atoms with Gasteiger partial charge in [0.05, 0.1) is 11.6 Å². The molecule has 5 heteroatoms. The first-order valence-electron chi connectivity index (χ1n) is 8.01. The number of nitrogens with zero attached hydrogens (tertiary/aromatic N) is 3. The predicted molar refractivity (Wildman–Crippen MR) is 95.3 cm³/mol. The van der Waals surface area contributed by atoms with E-state index in [4.69, 9.17) is 0 Å². The molecule has 0 bridgehead atoms. The van der Waals surface area contributed by atoms with Crippen LogP contribution in [0.15, 0.2) is 48.7 Å². The summed E-state index contributed by atoms with van der Waals surface area (Å²) < 4.78 is 3.86. The summed E-state index contributed by atoms with van der Waals surface area (Å²) in [5.41, 5.74) is 3.92. The van der Waals surface area contributed by atoms with Gasteiger partial charge >= 0.3 is 0 Å². The fourth-order valence-electron chi connectivity index (χ4n) is 3.15. The maximum Gasteiger partial charge on any atom is 0.258 e. The van der Waals surface area contributed by atoms with E-state index in [9.17, 15) is 4.79 Å². The third-order valence-electron chi connectivity index (χ3n) is 4.35. The lowest BCUT2D eigenvalue weighted by atomic mass is 10.1. The largest absolute Gasteiger partial charge is 0.341 e. The molecule has 0 aliphatic rings. The Balaban J connectivity index is 1.90. The van der Waals surface area contributed by atoms with Crippen molar-refractivity contribution in [2.45, 2.75) is 26.8 Å². The predicted octanol–water partition coefficient (Wildman–Crippen LogP) is 3.70. The van der Waals surface area contributed by atoms with E-state index in [-0.39, 0.29) is 11.9 Å². The highest BCUT2D eigenvalue weighted by Gasteiger charge is 2.20. The van der Waals surface area contributed by atoms with Crippen LogP contribution in [0.5, 0.6) is 0 Å². The Hall–Kier alpha value is -2.82. The van der Waals surface area contributed by atoms with Crippen molar-refractivity contribution in [2.24, 2.45) is 7.05 Å². The van der Waals surface area contributed by atoms with Crippen molar-refractivity contribution in [3.63, 3.8) is 0 Å². The minimum atomic E-state index is -0.131. The summed E-state index contributed by atoms with van der Waals surface area (Å²) in [6.07, 6.45) is 1.80. The molecule has 0 aliphatic carbocycles. The van der Waals surface area contributed by atoms with Gasteiger partial charge in [-0.15, -0.1) is 0 Å². The van der Waals surface area contributed by atoms with Gasteiger partial charge in [-0.2, -0.15) is 5.10 Å². The van der Waals surface area contributed by atoms with Crippen molar-refractivity contribution >= 4 is 11.7 Å². The summed E-state index contributed by atoms with van der Waals surface area (Å²) in [5.74, 6) is 0.428. The molecular formula is C19H22N4O. The lowest BCUT2D eigenvalue weighted by Gasteiger charge is -2.19. The van der Waals surface area contributed by atoms with Crippen LogP contribution in [0.3, 0.4) is 0 Å². The van der Waals surface area contributed by atoms with Crippen molar-refractivity contribution in [1.82, 2.24) is 14.3 Å². The number of aryl methyl sites for hydroxylation is 2. The Morgan fingerprint density at radius 2 is 1.88 bits per heavy atom. The van der Waals surface area contributed by atoms with Crippen LogP contribution in [-0.2, 0) is 7.05 Å². The molecule has 24 heavy (non-hydrogen) atoms. The van der Waals surface area contributed by atoms with Crippen LogP contribution in [0.1, 0.15) is 40.3 Å². The van der Waals surface area contributed by atoms with Crippen LogP contribution in [0.2, 0.25) is 0 Å². The van der Waals surface area contributed by atoms with Crippen LogP contribution in [0, 0.1) is 13.8 Å². The van der Waals surface area contributed by atoms with Crippen molar-refractivity contribution in [3.05, 3.63) is 71.2 Å². The summed E-state index contributed by atoms with van der Waals surface area (Å²) in [6, 6.07) is 14.2. The van der Waals surface area contributed by atoms with Gasteiger partial charge in [0.15, 0.2) is 5.82 Å². The summed E-state index contributed by atoms with van der Waals surface area (Å²) >= 11 is 0. The number of amides is 1. The van der Waals surface area contributed by atoms with E-state index in [1.54, 1.807) is 16.9 Å². The number of carbonyl (C=O) groups is 1. The first-order chi connectivity index (χ1) is 11.5. The molecule has 3 aromatic rings. The third-order valence-corrected chi connectivity index (χ3v) is 4.35. The fourth-order valence-corrected chi connectivity index (χ4v) is 3.15. The van der Waals surface area contributed by atoms with Gasteiger partial charge in [-0.25, -0.2) is 0 Å². The Morgan fingerprint density at radius 1 is 1.17 bits per heavy atom. The highest BCUT2D eigenvalue weighted by Crippen LogP contribution is 2.25. The molecule has 1 N–H and O–H groups in total. The molecule has 1 amide bonds. The summed E-state index contributed by atoms with van der Waals surface area (Å²) in [5, 5.41) is 7.05. The van der Waals surface area contributed by atoms with Crippen molar-refractivity contribution < 1.29 is 4.79 Å². The highest BCUT2D eigenvalue weighted by molar-refractivity contribution is 6.04. The van der Waals surface area contributed by atoms with Gasteiger partial charge in [-0.1, -0.05) is 30.3 Å². The van der Waals surface area contributed by atoms with Crippen LogP contribution in [0.4, 0.5) is 5.82 Å². The van der Waals surface area contributed by atoms with E-state index in [0.29, 0.717) is 11.4 Å². The number of hydrogen-bond acceptors (Lipinski definition) is 2. The fraction of sp³-hybridized carbons (Fsp3) is 0.263. The molecule has 0 saturated carbocycles. The molecule has 0 radical (unpaired) electrons. The molecular weight excluding hydrogens is 300 g/mol. The van der Waals surface area contributed by atoms with E-state index in [0.717, 1.165) is 11.4 Å². The number of benzene rings is 1. The van der Waals surface area contributed by atoms with Crippen LogP contribution in [0.25, 0.3) is 0 Å². The second kappa shape index (κ2) is 6.35. The maximum atomic E-state index is 12.6. The number of anilines is 1. The Kier molecular flexibility index (Phi) is 4.25. The van der Waals surface area contributed by atoms with Gasteiger partial charge in [0.1, 0.15) is 0 Å². The SMILES string of the molecule is Cc1cc(C(=O)Nc2ccn(C)n2)c(C)n1C(C)c1ccccc1. The second-order valence-electron chi connectivity index (χ2n) is 6.07. The molecule has 1 unspecified atom stereocenters. The monoisotopic (exact) mass is 322 g/mol. The zero-order valence-electron chi connectivity index (χ0n) is 14.4. The van der Waals surface area contributed by atoms with Crippen molar-refractivity contribution in [3.8, 4) is 0 Å². The molecule has 5 nitrogen and oxygen atoms in total. The lowest BCUT2D eigenvalue weighted by Crippen LogP contribution is -2.15. The van der Waals surface area contributed by atoms with Gasteiger partial charge in [0.2, 0.25) is 0 Å². The Bertz CT molecular complexity index is 861. The summed E-state index contributed by atoms with van der Waals surface area (Å²) in [7, 11) is 1.82. The van der Waals surface area contributed by atoms with Crippen LogP contribution < -0.4 is 5.32 Å². The number of aromatic nitrogens is 3. The minimum Gasteiger partial charge on any atom is -0.341 e. The molecule has 1 aromatic carbocycles. The normalized spacial score (nSPS) is 12.2. The number of carbonyl (C=O) groups excluding carboxylic acids is 1. The zero-order valence-corrected chi connectivity index (χ0v) is 14.4. The quantitative estimate of drug-likeness (QED) is 0.796. The summed E-state index contributed by atoms with van der Waals surface area (Å²) in [4.78, 5) is 12.6. The van der Waals surface area contributed by atoms with Crippen LogP contribution in [-0.4, -0.2) is 20.3 Å². The van der Waals surface area contributed by atoms with Gasteiger partial charge in [0, 0.05) is 30.7 Å². The van der Waals surface area contributed by atoms with Gasteiger partial charge in [-0.05, 0) is 32.4 Å². The third kappa shape index (κ3) is 2.97. The van der Waals surface area contributed by atoms with E-state index < -0.39 is 0 Å². The first kappa shape index (κ1) is 16.1. The second-order valence-corrected chi connectivity index (χ2v) is 6.07. The first-order valence-corrected chi connectivity index (χ1v) is 8.01. The van der Waals surface area contributed by atoms with E-state index in [2.05, 4.69) is 34.0 Å². The van der Waals surface area contributed by atoms with Gasteiger partial charge in [-0.3, -0.25) is 9.48 Å². The topological polar surface area (TPSA) is 51.9 Å². The molecule has 124 valence electrons. The average molecular weight is 322 g/mol. The molecule has 0 fully saturated rings. The van der Waals surface area contributed by atoms with E-state index >= 15 is 0 Å². The molecule has 0 aliphatic heterocycles. The molecule has 3 rings (SSSR count). The molecule has 2 aromatic heterocycles. The minimum absolute atomic E-state index is 0.131. The molecule has 2 heterocycles. The van der Waals surface area contributed by atoms with Crippen molar-refractivity contribution in [2.75, 3.05) is 5.32 Å². The smallest absolute Gasteiger partial charge is 0.258 e. The average Bonchev–Trinajstić information content (AvgIpc) is 3.10. The number of hydrogen-bond donors (Lipinski definition) is 1. The standard InChI is InChI=1S/C19H22N4O/c1-13-12-17(19(24)20-18-10-11-22(4)21-18)15(3)23(13)14(2)16-8-6-5-7-9-16/h5-12,14H,1-4H3,(H,20,21,24). The van der Waals surface area contributed by atoms with Gasteiger partial charge < -0.3 is 9.88 Å². The van der Waals surface area contributed by atoms with Crippen LogP contribution >= 0.6 is 0 Å². The number of nitrogens with one attached hydrogen (secondary N) is 1. The Morgan fingerprint density at radius 3 is 2.50 bits per heavy atom. The maximum absolute atomic E-state index is 12.6. The summed E-state index contributed by atoms with van der Waals surface area (Å²) in [6.45, 7) is 6.17. The van der Waals surface area contributed by atoms with Gasteiger partial charge in [0.25, 0.3) is 5.91 Å². The van der Waals surface area contributed by atoms with E-state index in [1.165, 1.54) is 5.56 Å². The molecule has 1 atom stereocenters. The zero-order chi connectivity index (χ0) is 17.3. The lowest BCUT2D eigenvalue weighted by molar-refractivity contribution is 0.102.